The van der Waals surface area contributed by atoms with Gasteiger partial charge in [0.1, 0.15) is 0 Å². The molecule has 0 heterocycles. The van der Waals surface area contributed by atoms with Crippen LogP contribution in [0.5, 0.6) is 0 Å². The lowest BCUT2D eigenvalue weighted by atomic mass is 9.76. The van der Waals surface area contributed by atoms with Gasteiger partial charge in [-0.2, -0.15) is 0 Å². The zero-order valence-corrected chi connectivity index (χ0v) is 11.8. The van der Waals surface area contributed by atoms with Crippen molar-refractivity contribution < 1.29 is 9.53 Å². The lowest BCUT2D eigenvalue weighted by Crippen LogP contribution is -2.47. The van der Waals surface area contributed by atoms with Crippen LogP contribution in [0.25, 0.3) is 0 Å². The molecule has 0 bridgehead atoms. The Bertz CT molecular complexity index is 236. The molecule has 4 nitrogen and oxygen atoms in total. The molecule has 3 N–H and O–H groups in total. The van der Waals surface area contributed by atoms with E-state index in [2.05, 4.69) is 19.2 Å². The number of carbonyl (C=O) groups is 1. The van der Waals surface area contributed by atoms with E-state index in [4.69, 9.17) is 10.5 Å². The van der Waals surface area contributed by atoms with E-state index in [9.17, 15) is 4.79 Å². The lowest BCUT2D eigenvalue weighted by Gasteiger charge is -2.33. The van der Waals surface area contributed by atoms with Gasteiger partial charge in [0.25, 0.3) is 0 Å². The fourth-order valence-corrected chi connectivity index (χ4v) is 2.66. The van der Waals surface area contributed by atoms with Crippen LogP contribution < -0.4 is 11.1 Å². The summed E-state index contributed by atoms with van der Waals surface area (Å²) < 4.78 is 5.38. The zero-order valence-electron chi connectivity index (χ0n) is 11.8. The highest BCUT2D eigenvalue weighted by molar-refractivity contribution is 5.79. The smallest absolute Gasteiger partial charge is 0.224 e. The van der Waals surface area contributed by atoms with Crippen LogP contribution in [0, 0.1) is 11.8 Å². The zero-order chi connectivity index (χ0) is 13.4. The first-order valence-corrected chi connectivity index (χ1v) is 7.27. The monoisotopic (exact) mass is 256 g/mol. The normalized spacial score (nSPS) is 28.1. The van der Waals surface area contributed by atoms with Gasteiger partial charge in [-0.3, -0.25) is 4.79 Å². The van der Waals surface area contributed by atoms with Crippen molar-refractivity contribution in [3.63, 3.8) is 0 Å². The molecule has 0 radical (unpaired) electrons. The molecule has 1 rings (SSSR count). The fraction of sp³-hybridized carbons (Fsp3) is 0.929. The van der Waals surface area contributed by atoms with Crippen molar-refractivity contribution in [2.75, 3.05) is 19.8 Å². The van der Waals surface area contributed by atoms with Gasteiger partial charge in [-0.05, 0) is 31.6 Å². The molecule has 0 aliphatic heterocycles. The van der Waals surface area contributed by atoms with Crippen LogP contribution in [0.3, 0.4) is 0 Å². The fourth-order valence-electron chi connectivity index (χ4n) is 2.66. The van der Waals surface area contributed by atoms with Crippen LogP contribution in [-0.2, 0) is 9.53 Å². The summed E-state index contributed by atoms with van der Waals surface area (Å²) in [6, 6.07) is 0.0325. The van der Waals surface area contributed by atoms with Gasteiger partial charge < -0.3 is 15.8 Å². The predicted molar refractivity (Wildman–Crippen MR) is 73.2 cm³/mol. The van der Waals surface area contributed by atoms with Crippen molar-refractivity contribution in [1.29, 1.82) is 0 Å². The molecule has 0 aromatic rings. The molecule has 3 unspecified atom stereocenters. The first-order chi connectivity index (χ1) is 8.66. The van der Waals surface area contributed by atoms with Crippen molar-refractivity contribution >= 4 is 5.91 Å². The van der Waals surface area contributed by atoms with Gasteiger partial charge in [-0.25, -0.2) is 0 Å². The average molecular weight is 256 g/mol. The summed E-state index contributed by atoms with van der Waals surface area (Å²) >= 11 is 0. The minimum atomic E-state index is -0.00434. The topological polar surface area (TPSA) is 64.3 Å². The summed E-state index contributed by atoms with van der Waals surface area (Å²) in [4.78, 5) is 12.1. The first kappa shape index (κ1) is 15.4. The van der Waals surface area contributed by atoms with E-state index >= 15 is 0 Å². The maximum Gasteiger partial charge on any atom is 0.224 e. The third kappa shape index (κ3) is 4.94. The van der Waals surface area contributed by atoms with Crippen molar-refractivity contribution in [2.24, 2.45) is 17.6 Å². The summed E-state index contributed by atoms with van der Waals surface area (Å²) in [6.07, 6.45) is 5.16. The van der Waals surface area contributed by atoms with Crippen LogP contribution in [0.15, 0.2) is 0 Å². The molecule has 18 heavy (non-hydrogen) atoms. The lowest BCUT2D eigenvalue weighted by molar-refractivity contribution is -0.128. The van der Waals surface area contributed by atoms with Gasteiger partial charge in [-0.15, -0.1) is 0 Å². The van der Waals surface area contributed by atoms with Crippen LogP contribution in [-0.4, -0.2) is 31.7 Å². The van der Waals surface area contributed by atoms with Crippen LogP contribution in [0.2, 0.25) is 0 Å². The number of ether oxygens (including phenoxy) is 1. The largest absolute Gasteiger partial charge is 0.381 e. The summed E-state index contributed by atoms with van der Waals surface area (Å²) in [5.74, 6) is 0.533. The number of nitrogens with one attached hydrogen (secondary N) is 1. The molecular formula is C14H28N2O2. The number of rotatable bonds is 7. The van der Waals surface area contributed by atoms with Crippen molar-refractivity contribution in [3.05, 3.63) is 0 Å². The molecule has 1 saturated carbocycles. The van der Waals surface area contributed by atoms with E-state index in [1.165, 1.54) is 0 Å². The summed E-state index contributed by atoms with van der Waals surface area (Å²) in [7, 11) is 0. The maximum absolute atomic E-state index is 12.1. The highest BCUT2D eigenvalue weighted by Gasteiger charge is 2.33. The van der Waals surface area contributed by atoms with Crippen LogP contribution in [0.4, 0.5) is 0 Å². The molecule has 1 aliphatic rings. The molecule has 3 atom stereocenters. The molecule has 1 fully saturated rings. The predicted octanol–water partition coefficient (Wildman–Crippen LogP) is 1.68. The second-order valence-corrected chi connectivity index (χ2v) is 5.35. The van der Waals surface area contributed by atoms with Gasteiger partial charge in [0.15, 0.2) is 0 Å². The molecule has 0 aromatic carbocycles. The van der Waals surface area contributed by atoms with E-state index in [1.54, 1.807) is 0 Å². The van der Waals surface area contributed by atoms with Gasteiger partial charge in [-0.1, -0.05) is 20.3 Å². The Hall–Kier alpha value is -0.610. The molecular weight excluding hydrogens is 228 g/mol. The van der Waals surface area contributed by atoms with E-state index in [0.29, 0.717) is 12.5 Å². The Morgan fingerprint density at radius 2 is 2.17 bits per heavy atom. The van der Waals surface area contributed by atoms with E-state index in [-0.39, 0.29) is 17.9 Å². The Morgan fingerprint density at radius 3 is 2.83 bits per heavy atom. The van der Waals surface area contributed by atoms with Crippen molar-refractivity contribution in [2.45, 2.75) is 52.0 Å². The second kappa shape index (κ2) is 8.48. The second-order valence-electron chi connectivity index (χ2n) is 5.35. The minimum Gasteiger partial charge on any atom is -0.381 e. The van der Waals surface area contributed by atoms with Gasteiger partial charge in [0.2, 0.25) is 5.91 Å². The number of hydrogen-bond donors (Lipinski definition) is 2. The average Bonchev–Trinajstić information content (AvgIpc) is 2.33. The van der Waals surface area contributed by atoms with Crippen LogP contribution in [0.1, 0.15) is 46.0 Å². The SMILES string of the molecule is CCCOCCCNC(=O)C1C(C)CCCC1N. The van der Waals surface area contributed by atoms with E-state index in [0.717, 1.165) is 45.3 Å². The van der Waals surface area contributed by atoms with E-state index in [1.807, 2.05) is 0 Å². The molecule has 4 heteroatoms. The third-order valence-electron chi connectivity index (χ3n) is 3.69. The maximum atomic E-state index is 12.1. The Morgan fingerprint density at radius 1 is 1.39 bits per heavy atom. The summed E-state index contributed by atoms with van der Waals surface area (Å²) in [6.45, 7) is 6.44. The standard InChI is InChI=1S/C14H28N2O2/c1-3-9-18-10-5-8-16-14(17)13-11(2)6-4-7-12(13)15/h11-13H,3-10,15H2,1-2H3,(H,16,17). The number of hydrogen-bond acceptors (Lipinski definition) is 3. The molecule has 0 spiro atoms. The number of nitrogens with two attached hydrogens (primary N) is 1. The highest BCUT2D eigenvalue weighted by Crippen LogP contribution is 2.28. The van der Waals surface area contributed by atoms with Crippen molar-refractivity contribution in [3.8, 4) is 0 Å². The first-order valence-electron chi connectivity index (χ1n) is 7.27. The summed E-state index contributed by atoms with van der Waals surface area (Å²) in [5, 5.41) is 2.99. The van der Waals surface area contributed by atoms with E-state index < -0.39 is 0 Å². The van der Waals surface area contributed by atoms with Crippen LogP contribution >= 0.6 is 0 Å². The number of carbonyl (C=O) groups excluding carboxylic acids is 1. The molecule has 0 aromatic heterocycles. The molecule has 106 valence electrons. The molecule has 1 aliphatic carbocycles. The van der Waals surface area contributed by atoms with Gasteiger partial charge >= 0.3 is 0 Å². The third-order valence-corrected chi connectivity index (χ3v) is 3.69. The minimum absolute atomic E-state index is 0.00434. The highest BCUT2D eigenvalue weighted by atomic mass is 16.5. The quantitative estimate of drug-likeness (QED) is 0.681. The molecule has 0 saturated heterocycles. The molecule has 1 amide bonds. The summed E-state index contributed by atoms with van der Waals surface area (Å²) in [5.41, 5.74) is 6.05. The Balaban J connectivity index is 2.18. The Kier molecular flexibility index (Phi) is 7.28. The van der Waals surface area contributed by atoms with Gasteiger partial charge in [0.05, 0.1) is 5.92 Å². The van der Waals surface area contributed by atoms with Crippen molar-refractivity contribution in [1.82, 2.24) is 5.32 Å². The van der Waals surface area contributed by atoms with Gasteiger partial charge in [0, 0.05) is 25.8 Å². The number of amides is 1. The Labute approximate surface area is 111 Å².